The number of nitrogens with two attached hydrogens (primary N) is 1. The molecule has 0 bridgehead atoms. The molecular weight excluding hydrogens is 579 g/mol. The monoisotopic (exact) mass is 607 g/mol. The molecule has 1 aliphatic carbocycles. The summed E-state index contributed by atoms with van der Waals surface area (Å²) < 4.78 is 56.9. The van der Waals surface area contributed by atoms with Crippen molar-refractivity contribution < 1.29 is 41.8 Å². The van der Waals surface area contributed by atoms with E-state index in [2.05, 4.69) is 4.98 Å². The Balaban J connectivity index is 1.82. The van der Waals surface area contributed by atoms with Gasteiger partial charge in [-0.3, -0.25) is 19.5 Å². The number of hydrogen-bond acceptors (Lipinski definition) is 9. The summed E-state index contributed by atoms with van der Waals surface area (Å²) in [6.45, 7) is 0. The van der Waals surface area contributed by atoms with Crippen molar-refractivity contribution in [1.82, 2.24) is 4.98 Å². The number of allylic oxidation sites excluding steroid dienone is 2. The molecule has 9 nitrogen and oxygen atoms in total. The van der Waals surface area contributed by atoms with E-state index in [9.17, 15) is 27.6 Å². The molecule has 0 fully saturated rings. The van der Waals surface area contributed by atoms with E-state index < -0.39 is 47.2 Å². The fourth-order valence-electron chi connectivity index (χ4n) is 5.90. The van der Waals surface area contributed by atoms with Crippen molar-refractivity contribution in [1.29, 1.82) is 0 Å². The Bertz CT molecular complexity index is 1670. The highest BCUT2D eigenvalue weighted by molar-refractivity contribution is 6.14. The second-order valence-electron chi connectivity index (χ2n) is 10.2. The summed E-state index contributed by atoms with van der Waals surface area (Å²) in [5.41, 5.74) is 6.71. The SMILES string of the molecule is COC(=O)C1=C(N)N(c2cccc(C(F)(F)F)c2)C2=C(C(=O)[C@H](C(=O)OC)[C@@H](c3ccc(OC)cc3)C2)[C@@H]1c1cccnc1. The lowest BCUT2D eigenvalue weighted by atomic mass is 9.67. The molecule has 1 aromatic heterocycles. The number of aromatic nitrogens is 1. The number of rotatable bonds is 6. The molecule has 228 valence electrons. The number of ketones is 1. The molecule has 5 rings (SSSR count). The third-order valence-corrected chi connectivity index (χ3v) is 7.89. The van der Waals surface area contributed by atoms with Gasteiger partial charge in [-0.15, -0.1) is 0 Å². The normalized spacial score (nSPS) is 20.3. The second kappa shape index (κ2) is 11.9. The van der Waals surface area contributed by atoms with Crippen molar-refractivity contribution >= 4 is 23.4 Å². The maximum absolute atomic E-state index is 14.6. The van der Waals surface area contributed by atoms with Crippen LogP contribution < -0.4 is 15.4 Å². The molecule has 0 unspecified atom stereocenters. The number of nitrogens with zero attached hydrogens (tertiary/aromatic N) is 2. The highest BCUT2D eigenvalue weighted by Gasteiger charge is 2.51. The standard InChI is InChI=1S/C32H28F3N3O6/c1-42-21-11-9-17(10-12-21)22-15-23-26(28(39)25(22)30(40)43-2)24(18-6-5-13-37-16-18)27(31(41)44-3)29(36)38(23)20-8-4-7-19(14-20)32(33,34)35/h4-14,16,22,24-25H,15,36H2,1-3H3/t22-,24+,25-/m1/s1. The number of Topliss-reactive ketones (excluding diaryl/α,β-unsaturated/α-hetero) is 1. The summed E-state index contributed by atoms with van der Waals surface area (Å²) in [6.07, 6.45) is -1.76. The molecular formula is C32H28F3N3O6. The maximum Gasteiger partial charge on any atom is 0.416 e. The Hall–Kier alpha value is -5.13. The number of esters is 2. The summed E-state index contributed by atoms with van der Waals surface area (Å²) in [7, 11) is 3.78. The summed E-state index contributed by atoms with van der Waals surface area (Å²) in [5, 5.41) is 0. The predicted octanol–water partition coefficient (Wildman–Crippen LogP) is 4.86. The van der Waals surface area contributed by atoms with Gasteiger partial charge in [-0.05, 0) is 53.9 Å². The zero-order valence-corrected chi connectivity index (χ0v) is 23.9. The van der Waals surface area contributed by atoms with E-state index in [-0.39, 0.29) is 34.8 Å². The van der Waals surface area contributed by atoms with Gasteiger partial charge < -0.3 is 19.9 Å². The molecule has 2 aliphatic rings. The Kier molecular flexibility index (Phi) is 8.18. The van der Waals surface area contributed by atoms with E-state index in [1.165, 1.54) is 36.5 Å². The smallest absolute Gasteiger partial charge is 0.416 e. The van der Waals surface area contributed by atoms with Crippen LogP contribution in [0.1, 0.15) is 34.9 Å². The average molecular weight is 608 g/mol. The van der Waals surface area contributed by atoms with Crippen LogP contribution in [0.3, 0.4) is 0 Å². The van der Waals surface area contributed by atoms with E-state index >= 15 is 0 Å². The first-order valence-corrected chi connectivity index (χ1v) is 13.5. The van der Waals surface area contributed by atoms with Crippen molar-refractivity contribution in [3.8, 4) is 5.75 Å². The molecule has 0 radical (unpaired) electrons. The fraction of sp³-hybridized carbons (Fsp3) is 0.250. The van der Waals surface area contributed by atoms with E-state index in [0.29, 0.717) is 16.9 Å². The number of ether oxygens (including phenoxy) is 3. The van der Waals surface area contributed by atoms with Gasteiger partial charge in [0.15, 0.2) is 5.78 Å². The van der Waals surface area contributed by atoms with E-state index in [0.717, 1.165) is 26.4 Å². The zero-order chi connectivity index (χ0) is 31.8. The van der Waals surface area contributed by atoms with Gasteiger partial charge in [-0.2, -0.15) is 13.2 Å². The van der Waals surface area contributed by atoms with Crippen LogP contribution in [0, 0.1) is 5.92 Å². The molecule has 12 heteroatoms. The van der Waals surface area contributed by atoms with Crippen LogP contribution >= 0.6 is 0 Å². The Morgan fingerprint density at radius 2 is 1.70 bits per heavy atom. The van der Waals surface area contributed by atoms with Crippen LogP contribution in [0.2, 0.25) is 0 Å². The fourth-order valence-corrected chi connectivity index (χ4v) is 5.90. The summed E-state index contributed by atoms with van der Waals surface area (Å²) >= 11 is 0. The molecule has 2 heterocycles. The number of methoxy groups -OCH3 is 3. The third kappa shape index (κ3) is 5.27. The summed E-state index contributed by atoms with van der Waals surface area (Å²) in [4.78, 5) is 46.6. The molecule has 44 heavy (non-hydrogen) atoms. The van der Waals surface area contributed by atoms with Gasteiger partial charge in [0, 0.05) is 35.3 Å². The van der Waals surface area contributed by atoms with Crippen LogP contribution in [-0.2, 0) is 30.0 Å². The Morgan fingerprint density at radius 1 is 0.977 bits per heavy atom. The van der Waals surface area contributed by atoms with Crippen molar-refractivity contribution in [3.05, 3.63) is 112 Å². The first-order chi connectivity index (χ1) is 21.0. The lowest BCUT2D eigenvalue weighted by Gasteiger charge is -2.44. The van der Waals surface area contributed by atoms with E-state index in [4.69, 9.17) is 19.9 Å². The average Bonchev–Trinajstić information content (AvgIpc) is 3.03. The third-order valence-electron chi connectivity index (χ3n) is 7.89. The van der Waals surface area contributed by atoms with Crippen molar-refractivity contribution in [2.45, 2.75) is 24.4 Å². The zero-order valence-electron chi connectivity index (χ0n) is 23.9. The minimum Gasteiger partial charge on any atom is -0.497 e. The first kappa shape index (κ1) is 30.3. The van der Waals surface area contributed by atoms with Crippen LogP contribution in [0.15, 0.2) is 95.7 Å². The lowest BCUT2D eigenvalue weighted by molar-refractivity contribution is -0.150. The molecule has 0 spiro atoms. The molecule has 3 atom stereocenters. The van der Waals surface area contributed by atoms with Gasteiger partial charge in [-0.25, -0.2) is 4.79 Å². The minimum absolute atomic E-state index is 0.00479. The second-order valence-corrected chi connectivity index (χ2v) is 10.2. The number of alkyl halides is 3. The largest absolute Gasteiger partial charge is 0.497 e. The highest BCUT2D eigenvalue weighted by Crippen LogP contribution is 2.51. The molecule has 0 saturated carbocycles. The maximum atomic E-state index is 14.6. The topological polar surface area (TPSA) is 121 Å². The molecule has 1 aliphatic heterocycles. The minimum atomic E-state index is -4.69. The van der Waals surface area contributed by atoms with Gasteiger partial charge in [0.05, 0.1) is 38.4 Å². The van der Waals surface area contributed by atoms with Crippen LogP contribution in [0.25, 0.3) is 0 Å². The molecule has 2 N–H and O–H groups in total. The van der Waals surface area contributed by atoms with Gasteiger partial charge in [0.2, 0.25) is 0 Å². The summed E-state index contributed by atoms with van der Waals surface area (Å²) in [6, 6.07) is 14.4. The number of hydrogen-bond donors (Lipinski definition) is 1. The number of halogens is 3. The van der Waals surface area contributed by atoms with Gasteiger partial charge in [-0.1, -0.05) is 24.3 Å². The Morgan fingerprint density at radius 3 is 2.30 bits per heavy atom. The van der Waals surface area contributed by atoms with E-state index in [1.54, 1.807) is 36.4 Å². The van der Waals surface area contributed by atoms with Crippen LogP contribution in [-0.4, -0.2) is 44.0 Å². The van der Waals surface area contributed by atoms with Crippen molar-refractivity contribution in [2.24, 2.45) is 11.7 Å². The summed E-state index contributed by atoms with van der Waals surface area (Å²) in [5.74, 6) is -5.33. The van der Waals surface area contributed by atoms with Gasteiger partial charge in [0.25, 0.3) is 0 Å². The first-order valence-electron chi connectivity index (χ1n) is 13.5. The molecule has 0 amide bonds. The highest BCUT2D eigenvalue weighted by atomic mass is 19.4. The number of pyridine rings is 1. The predicted molar refractivity (Wildman–Crippen MR) is 152 cm³/mol. The molecule has 3 aromatic rings. The lowest BCUT2D eigenvalue weighted by Crippen LogP contribution is -2.46. The van der Waals surface area contributed by atoms with Crippen molar-refractivity contribution in [3.63, 3.8) is 0 Å². The Labute approximate surface area is 250 Å². The number of anilines is 1. The quantitative estimate of drug-likeness (QED) is 0.310. The number of carbonyl (C=O) groups is 3. The van der Waals surface area contributed by atoms with Crippen LogP contribution in [0.5, 0.6) is 5.75 Å². The molecule has 2 aromatic carbocycles. The van der Waals surface area contributed by atoms with Gasteiger partial charge in [0.1, 0.15) is 17.5 Å². The van der Waals surface area contributed by atoms with Crippen molar-refractivity contribution in [2.75, 3.05) is 26.2 Å². The van der Waals surface area contributed by atoms with Gasteiger partial charge >= 0.3 is 18.1 Å². The number of benzene rings is 2. The molecule has 0 saturated heterocycles. The van der Waals surface area contributed by atoms with E-state index in [1.807, 2.05) is 0 Å². The van der Waals surface area contributed by atoms with Crippen LogP contribution in [0.4, 0.5) is 18.9 Å². The number of carbonyl (C=O) groups excluding carboxylic acids is 3.